The number of aromatic nitrogens is 8. The normalized spacial score (nSPS) is 12.1. The number of carbonyl (C=O) groups is 1. The van der Waals surface area contributed by atoms with E-state index < -0.39 is 0 Å². The Morgan fingerprint density at radius 3 is 0.947 bits per heavy atom. The van der Waals surface area contributed by atoms with Crippen molar-refractivity contribution in [1.29, 1.82) is 0 Å². The minimum atomic E-state index is -0.132. The van der Waals surface area contributed by atoms with Crippen LogP contribution in [0.15, 0.2) is 182 Å². The molecule has 4 aromatic carbocycles. The SMILES string of the molecule is C1=Cc2cc3ccc(cc4nc(cc5ccc(cc1n2)[nH]5)C=C4)[nH]3.C1=Cc2cc3ccc(cc4nc(cc5ccc(cc1n2)[nH]5)C=C4)[nH]3.CCOC(=O)CCC(c1cccc2ccccc12)c1cccc2ccccc12. The van der Waals surface area contributed by atoms with Gasteiger partial charge in [0.05, 0.1) is 52.2 Å². The van der Waals surface area contributed by atoms with Gasteiger partial charge in [-0.15, -0.1) is 0 Å². The Labute approximate surface area is 438 Å². The van der Waals surface area contributed by atoms with Gasteiger partial charge in [-0.2, -0.15) is 0 Å². The van der Waals surface area contributed by atoms with Crippen LogP contribution in [0.4, 0.5) is 0 Å². The van der Waals surface area contributed by atoms with Crippen molar-refractivity contribution in [3.63, 3.8) is 0 Å². The van der Waals surface area contributed by atoms with E-state index in [1.165, 1.54) is 32.7 Å². The van der Waals surface area contributed by atoms with Crippen LogP contribution in [0.1, 0.15) is 82.4 Å². The molecule has 0 unspecified atom stereocenters. The lowest BCUT2D eigenvalue weighted by atomic mass is 9.82. The molecule has 10 nitrogen and oxygen atoms in total. The third kappa shape index (κ3) is 11.0. The molecule has 6 aromatic heterocycles. The van der Waals surface area contributed by atoms with Gasteiger partial charge < -0.3 is 24.7 Å². The predicted molar refractivity (Wildman–Crippen MR) is 313 cm³/mol. The van der Waals surface area contributed by atoms with Crippen LogP contribution in [0.2, 0.25) is 0 Å². The highest BCUT2D eigenvalue weighted by molar-refractivity contribution is 5.90. The third-order valence-electron chi connectivity index (χ3n) is 13.4. The topological polar surface area (TPSA) is 141 Å². The van der Waals surface area contributed by atoms with Crippen LogP contribution in [0.25, 0.3) is 114 Å². The van der Waals surface area contributed by atoms with Crippen LogP contribution < -0.4 is 0 Å². The van der Waals surface area contributed by atoms with Gasteiger partial charge in [0.1, 0.15) is 0 Å². The molecule has 0 radical (unpaired) electrons. The van der Waals surface area contributed by atoms with Crippen molar-refractivity contribution in [3.05, 3.63) is 239 Å². The van der Waals surface area contributed by atoms with Crippen molar-refractivity contribution in [1.82, 2.24) is 39.9 Å². The number of nitrogens with one attached hydrogen (secondary N) is 4. The van der Waals surface area contributed by atoms with Crippen molar-refractivity contribution in [3.8, 4) is 0 Å². The van der Waals surface area contributed by atoms with Crippen molar-refractivity contribution in [2.45, 2.75) is 25.7 Å². The highest BCUT2D eigenvalue weighted by Crippen LogP contribution is 2.38. The zero-order chi connectivity index (χ0) is 51.2. The van der Waals surface area contributed by atoms with Crippen molar-refractivity contribution >= 4 is 120 Å². The fourth-order valence-electron chi connectivity index (χ4n) is 9.97. The first-order chi connectivity index (χ1) is 37.4. The molecule has 0 aliphatic carbocycles. The maximum absolute atomic E-state index is 12.1. The van der Waals surface area contributed by atoms with Gasteiger partial charge in [0.15, 0.2) is 0 Å². The molecule has 0 saturated heterocycles. The van der Waals surface area contributed by atoms with Crippen molar-refractivity contribution in [2.24, 2.45) is 0 Å². The first-order valence-electron chi connectivity index (χ1n) is 25.6. The number of benzene rings is 4. The summed E-state index contributed by atoms with van der Waals surface area (Å²) in [4.78, 5) is 44.2. The summed E-state index contributed by atoms with van der Waals surface area (Å²) in [5.74, 6) is -0.00502. The highest BCUT2D eigenvalue weighted by atomic mass is 16.5. The summed E-state index contributed by atoms with van der Waals surface area (Å²) >= 11 is 0. The number of aromatic amines is 4. The summed E-state index contributed by atoms with van der Waals surface area (Å²) in [6.07, 6.45) is 17.3. The third-order valence-corrected chi connectivity index (χ3v) is 13.4. The minimum Gasteiger partial charge on any atom is -0.466 e. The Balaban J connectivity index is 0.000000115. The molecule has 368 valence electrons. The van der Waals surface area contributed by atoms with E-state index in [4.69, 9.17) is 4.74 Å². The van der Waals surface area contributed by atoms with Crippen molar-refractivity contribution < 1.29 is 9.53 Å². The van der Waals surface area contributed by atoms with E-state index in [2.05, 4.69) is 173 Å². The molecule has 4 aliphatic rings. The van der Waals surface area contributed by atoms with Crippen LogP contribution in [-0.4, -0.2) is 52.4 Å². The van der Waals surface area contributed by atoms with Crippen LogP contribution in [0.3, 0.4) is 0 Å². The molecule has 4 aliphatic heterocycles. The predicted octanol–water partition coefficient (Wildman–Crippen LogP) is 15.8. The monoisotopic (exact) mass is 988 g/mol. The van der Waals surface area contributed by atoms with Gasteiger partial charge >= 0.3 is 5.97 Å². The second-order valence-electron chi connectivity index (χ2n) is 18.8. The Bertz CT molecular complexity index is 3690. The number of rotatable bonds is 6. The molecule has 10 heteroatoms. The molecule has 0 fully saturated rings. The van der Waals surface area contributed by atoms with Crippen LogP contribution in [0.5, 0.6) is 0 Å². The van der Waals surface area contributed by atoms with E-state index >= 15 is 0 Å². The van der Waals surface area contributed by atoms with Gasteiger partial charge in [-0.3, -0.25) is 4.79 Å². The molecule has 14 rings (SSSR count). The number of fused-ring (bicyclic) bond motifs is 18. The number of H-pyrrole nitrogens is 4. The summed E-state index contributed by atoms with van der Waals surface area (Å²) in [5, 5.41) is 4.93. The Hall–Kier alpha value is -9.93. The lowest BCUT2D eigenvalue weighted by Crippen LogP contribution is -2.09. The van der Waals surface area contributed by atoms with Gasteiger partial charge in [-0.1, -0.05) is 84.9 Å². The second-order valence-corrected chi connectivity index (χ2v) is 18.8. The molecular formula is C66H52N8O2. The highest BCUT2D eigenvalue weighted by Gasteiger charge is 2.21. The van der Waals surface area contributed by atoms with Crippen LogP contribution >= 0.6 is 0 Å². The maximum atomic E-state index is 12.1. The molecule has 0 saturated carbocycles. The molecule has 76 heavy (non-hydrogen) atoms. The Morgan fingerprint density at radius 2 is 0.658 bits per heavy atom. The molecule has 0 atom stereocenters. The largest absolute Gasteiger partial charge is 0.466 e. The Morgan fingerprint density at radius 1 is 0.382 bits per heavy atom. The van der Waals surface area contributed by atoms with E-state index in [9.17, 15) is 4.79 Å². The molecule has 0 amide bonds. The zero-order valence-electron chi connectivity index (χ0n) is 41.7. The maximum Gasteiger partial charge on any atom is 0.305 e. The summed E-state index contributed by atoms with van der Waals surface area (Å²) in [6, 6.07) is 62.6. The number of hydrogen-bond acceptors (Lipinski definition) is 6. The first kappa shape index (κ1) is 47.1. The number of nitrogens with zero attached hydrogens (tertiary/aromatic N) is 4. The van der Waals surface area contributed by atoms with E-state index in [1.54, 1.807) is 0 Å². The van der Waals surface area contributed by atoms with Crippen molar-refractivity contribution in [2.75, 3.05) is 6.61 Å². The summed E-state index contributed by atoms with van der Waals surface area (Å²) < 4.78 is 5.20. The second kappa shape index (κ2) is 21.3. The van der Waals surface area contributed by atoms with Crippen LogP contribution in [-0.2, 0) is 9.53 Å². The first-order valence-corrected chi connectivity index (χ1v) is 25.6. The van der Waals surface area contributed by atoms with E-state index in [1.807, 2.05) is 104 Å². The zero-order valence-corrected chi connectivity index (χ0v) is 41.7. The van der Waals surface area contributed by atoms with E-state index in [-0.39, 0.29) is 11.9 Å². The standard InChI is InChI=1S/C26H24O2.2C20H14N4/c1-2-28-26(27)18-17-25(23-15-7-11-19-9-3-5-13-21(19)23)24-16-8-12-20-10-4-6-14-22(20)24;2*1-2-14-10-16-5-6-18(23-16)12-20-8-7-19(24-20)11-17-4-3-15(22-17)9-13(1)21-14/h3-16,25H,2,17-18H2,1H3;2*1-12,21,24H. The van der Waals surface area contributed by atoms with Gasteiger partial charge in [-0.25, -0.2) is 19.9 Å². The fraction of sp³-hybridized carbons (Fsp3) is 0.0758. The summed E-state index contributed by atoms with van der Waals surface area (Å²) in [7, 11) is 0. The smallest absolute Gasteiger partial charge is 0.305 e. The summed E-state index contributed by atoms with van der Waals surface area (Å²) in [5.41, 5.74) is 18.2. The molecule has 4 N–H and O–H groups in total. The molecule has 10 heterocycles. The van der Waals surface area contributed by atoms with Gasteiger partial charge in [0.25, 0.3) is 0 Å². The number of hydrogen-bond donors (Lipinski definition) is 4. The lowest BCUT2D eigenvalue weighted by molar-refractivity contribution is -0.143. The average Bonchev–Trinajstić information content (AvgIpc) is 4.30. The Kier molecular flexibility index (Phi) is 13.2. The van der Waals surface area contributed by atoms with E-state index in [0.29, 0.717) is 13.0 Å². The lowest BCUT2D eigenvalue weighted by Gasteiger charge is -2.21. The van der Waals surface area contributed by atoms with E-state index in [0.717, 1.165) is 96.1 Å². The molecule has 0 spiro atoms. The minimum absolute atomic E-state index is 0.126. The number of ether oxygens (including phenoxy) is 1. The fourth-order valence-corrected chi connectivity index (χ4v) is 9.97. The molecule has 16 bridgehead atoms. The quantitative estimate of drug-likeness (QED) is 0.122. The van der Waals surface area contributed by atoms with Gasteiger partial charge in [0, 0.05) is 56.5 Å². The van der Waals surface area contributed by atoms with Gasteiger partial charge in [0.2, 0.25) is 0 Å². The van der Waals surface area contributed by atoms with Crippen LogP contribution in [0, 0.1) is 0 Å². The molecule has 10 aromatic rings. The molecular weight excluding hydrogens is 937 g/mol. The van der Waals surface area contributed by atoms with Gasteiger partial charge in [-0.05, 0) is 192 Å². The average molecular weight is 989 g/mol. The summed E-state index contributed by atoms with van der Waals surface area (Å²) in [6.45, 7) is 2.27. The number of carbonyl (C=O) groups excluding carboxylic acids is 1. The number of esters is 1.